The highest BCUT2D eigenvalue weighted by Gasteiger charge is 2.23. The minimum Gasteiger partial charge on any atom is -0.375 e. The Bertz CT molecular complexity index is 431. The quantitative estimate of drug-likeness (QED) is 0.919. The van der Waals surface area contributed by atoms with E-state index in [9.17, 15) is 4.39 Å². The average molecular weight is 292 g/mol. The lowest BCUT2D eigenvalue weighted by atomic mass is 9.97. The molecule has 21 heavy (non-hydrogen) atoms. The van der Waals surface area contributed by atoms with Crippen LogP contribution in [0.15, 0.2) is 24.3 Å². The zero-order valence-electron chi connectivity index (χ0n) is 12.6. The highest BCUT2D eigenvalue weighted by atomic mass is 19.1. The van der Waals surface area contributed by atoms with Crippen LogP contribution in [0.1, 0.15) is 18.4 Å². The second-order valence-electron chi connectivity index (χ2n) is 6.28. The first-order valence-corrected chi connectivity index (χ1v) is 8.09. The predicted octanol–water partition coefficient (Wildman–Crippen LogP) is 2.07. The minimum absolute atomic E-state index is 0.171. The third-order valence-electron chi connectivity index (χ3n) is 4.57. The van der Waals surface area contributed by atoms with Crippen molar-refractivity contribution < 1.29 is 9.13 Å². The predicted molar refractivity (Wildman–Crippen MR) is 81.9 cm³/mol. The molecule has 1 aromatic rings. The Balaban J connectivity index is 1.49. The van der Waals surface area contributed by atoms with Crippen molar-refractivity contribution in [3.8, 4) is 0 Å². The smallest absolute Gasteiger partial charge is 0.123 e. The van der Waals surface area contributed by atoms with Crippen LogP contribution >= 0.6 is 0 Å². The first kappa shape index (κ1) is 14.9. The summed E-state index contributed by atoms with van der Waals surface area (Å²) in [6.45, 7) is 6.38. The lowest BCUT2D eigenvalue weighted by Gasteiger charge is -2.36. The molecule has 2 saturated heterocycles. The molecule has 0 radical (unpaired) electrons. The average Bonchev–Trinajstić information content (AvgIpc) is 2.51. The number of piperidine rings is 1. The number of halogens is 1. The Morgan fingerprint density at radius 2 is 1.95 bits per heavy atom. The topological polar surface area (TPSA) is 24.5 Å². The summed E-state index contributed by atoms with van der Waals surface area (Å²) in [5, 5.41) is 3.42. The van der Waals surface area contributed by atoms with Gasteiger partial charge >= 0.3 is 0 Å². The summed E-state index contributed by atoms with van der Waals surface area (Å²) in [7, 11) is 0. The van der Waals surface area contributed by atoms with Gasteiger partial charge in [-0.1, -0.05) is 12.1 Å². The van der Waals surface area contributed by atoms with Crippen molar-refractivity contribution in [1.82, 2.24) is 10.2 Å². The molecule has 0 aromatic heterocycles. The van der Waals surface area contributed by atoms with Crippen LogP contribution in [-0.2, 0) is 11.2 Å². The lowest BCUT2D eigenvalue weighted by molar-refractivity contribution is -0.0332. The van der Waals surface area contributed by atoms with Crippen molar-refractivity contribution >= 4 is 0 Å². The van der Waals surface area contributed by atoms with Crippen LogP contribution in [0.3, 0.4) is 0 Å². The molecule has 1 N–H and O–H groups in total. The molecule has 0 saturated carbocycles. The van der Waals surface area contributed by atoms with E-state index in [0.29, 0.717) is 0 Å². The van der Waals surface area contributed by atoms with Crippen molar-refractivity contribution in [1.29, 1.82) is 0 Å². The summed E-state index contributed by atoms with van der Waals surface area (Å²) in [5.74, 6) is 0.659. The first-order valence-electron chi connectivity index (χ1n) is 8.09. The molecule has 116 valence electrons. The number of rotatable bonds is 4. The molecule has 0 spiro atoms. The van der Waals surface area contributed by atoms with Crippen LogP contribution in [0, 0.1) is 11.7 Å². The van der Waals surface area contributed by atoms with Crippen LogP contribution in [0.5, 0.6) is 0 Å². The summed E-state index contributed by atoms with van der Waals surface area (Å²) >= 11 is 0. The molecule has 1 atom stereocenters. The van der Waals surface area contributed by atoms with Crippen LogP contribution in [0.25, 0.3) is 0 Å². The van der Waals surface area contributed by atoms with Gasteiger partial charge in [0, 0.05) is 19.6 Å². The van der Waals surface area contributed by atoms with Crippen molar-refractivity contribution in [3.63, 3.8) is 0 Å². The van der Waals surface area contributed by atoms with E-state index in [1.165, 1.54) is 31.5 Å². The van der Waals surface area contributed by atoms with Gasteiger partial charge < -0.3 is 10.1 Å². The van der Waals surface area contributed by atoms with E-state index in [1.54, 1.807) is 0 Å². The molecule has 0 amide bonds. The summed E-state index contributed by atoms with van der Waals surface area (Å²) in [4.78, 5) is 2.55. The van der Waals surface area contributed by atoms with Crippen molar-refractivity contribution in [2.24, 2.45) is 5.92 Å². The van der Waals surface area contributed by atoms with Gasteiger partial charge in [0.15, 0.2) is 0 Å². The standard InChI is InChI=1S/C17H25FN2O/c18-16-3-1-14(2-4-16)11-17-13-20(9-10-21-17)12-15-5-7-19-8-6-15/h1-4,15,17,19H,5-13H2/t17-/m1/s1. The van der Waals surface area contributed by atoms with Crippen LogP contribution in [0.2, 0.25) is 0 Å². The number of benzene rings is 1. The summed E-state index contributed by atoms with van der Waals surface area (Å²) in [5.41, 5.74) is 1.16. The maximum atomic E-state index is 12.9. The third-order valence-corrected chi connectivity index (χ3v) is 4.57. The van der Waals surface area contributed by atoms with Gasteiger partial charge in [0.2, 0.25) is 0 Å². The minimum atomic E-state index is -0.171. The van der Waals surface area contributed by atoms with Gasteiger partial charge in [-0.05, 0) is 56.0 Å². The first-order chi connectivity index (χ1) is 10.3. The zero-order chi connectivity index (χ0) is 14.5. The number of nitrogens with zero attached hydrogens (tertiary/aromatic N) is 1. The number of hydrogen-bond donors (Lipinski definition) is 1. The van der Waals surface area contributed by atoms with E-state index in [4.69, 9.17) is 4.74 Å². The molecule has 0 bridgehead atoms. The Hall–Kier alpha value is -0.970. The maximum Gasteiger partial charge on any atom is 0.123 e. The largest absolute Gasteiger partial charge is 0.375 e. The molecule has 0 aliphatic carbocycles. The van der Waals surface area contributed by atoms with E-state index in [-0.39, 0.29) is 11.9 Å². The maximum absolute atomic E-state index is 12.9. The summed E-state index contributed by atoms with van der Waals surface area (Å²) in [6, 6.07) is 6.80. The van der Waals surface area contributed by atoms with E-state index in [0.717, 1.165) is 50.7 Å². The molecular weight excluding hydrogens is 267 g/mol. The van der Waals surface area contributed by atoms with Gasteiger partial charge in [-0.2, -0.15) is 0 Å². The fraction of sp³-hybridized carbons (Fsp3) is 0.647. The lowest BCUT2D eigenvalue weighted by Crippen LogP contribution is -2.46. The molecule has 2 fully saturated rings. The molecule has 2 aliphatic rings. The summed E-state index contributed by atoms with van der Waals surface area (Å²) < 4.78 is 18.8. The fourth-order valence-corrected chi connectivity index (χ4v) is 3.38. The monoisotopic (exact) mass is 292 g/mol. The number of hydrogen-bond acceptors (Lipinski definition) is 3. The van der Waals surface area contributed by atoms with Gasteiger partial charge in [0.05, 0.1) is 12.7 Å². The van der Waals surface area contributed by atoms with Crippen LogP contribution in [-0.4, -0.2) is 50.3 Å². The zero-order valence-corrected chi connectivity index (χ0v) is 12.6. The number of ether oxygens (including phenoxy) is 1. The highest BCUT2D eigenvalue weighted by Crippen LogP contribution is 2.17. The molecule has 2 heterocycles. The SMILES string of the molecule is Fc1ccc(C[C@@H]2CN(CC3CCNCC3)CCO2)cc1. The molecule has 3 nitrogen and oxygen atoms in total. The van der Waals surface area contributed by atoms with Crippen molar-refractivity contribution in [2.45, 2.75) is 25.4 Å². The highest BCUT2D eigenvalue weighted by molar-refractivity contribution is 5.17. The molecule has 2 aliphatic heterocycles. The number of morpholine rings is 1. The number of nitrogens with one attached hydrogen (secondary N) is 1. The Labute approximate surface area is 126 Å². The second-order valence-corrected chi connectivity index (χ2v) is 6.28. The van der Waals surface area contributed by atoms with Crippen molar-refractivity contribution in [3.05, 3.63) is 35.6 Å². The fourth-order valence-electron chi connectivity index (χ4n) is 3.38. The third kappa shape index (κ3) is 4.50. The molecule has 4 heteroatoms. The van der Waals surface area contributed by atoms with Crippen molar-refractivity contribution in [2.75, 3.05) is 39.3 Å². The van der Waals surface area contributed by atoms with Gasteiger partial charge in [-0.25, -0.2) is 4.39 Å². The Morgan fingerprint density at radius 1 is 1.19 bits per heavy atom. The normalized spacial score (nSPS) is 25.1. The van der Waals surface area contributed by atoms with E-state index < -0.39 is 0 Å². The molecular formula is C17H25FN2O. The van der Waals surface area contributed by atoms with Crippen LogP contribution < -0.4 is 5.32 Å². The Kier molecular flexibility index (Phi) is 5.22. The second kappa shape index (κ2) is 7.34. The Morgan fingerprint density at radius 3 is 2.71 bits per heavy atom. The van der Waals surface area contributed by atoms with Gasteiger partial charge in [-0.15, -0.1) is 0 Å². The molecule has 3 rings (SSSR count). The van der Waals surface area contributed by atoms with Gasteiger partial charge in [0.1, 0.15) is 5.82 Å². The van der Waals surface area contributed by atoms with E-state index >= 15 is 0 Å². The van der Waals surface area contributed by atoms with E-state index in [2.05, 4.69) is 10.2 Å². The summed E-state index contributed by atoms with van der Waals surface area (Å²) in [6.07, 6.45) is 3.70. The van der Waals surface area contributed by atoms with Gasteiger partial charge in [0.25, 0.3) is 0 Å². The van der Waals surface area contributed by atoms with Crippen LogP contribution in [0.4, 0.5) is 4.39 Å². The molecule has 1 aromatic carbocycles. The van der Waals surface area contributed by atoms with Gasteiger partial charge in [-0.3, -0.25) is 4.90 Å². The molecule has 0 unspecified atom stereocenters. The van der Waals surface area contributed by atoms with E-state index in [1.807, 2.05) is 12.1 Å².